The van der Waals surface area contributed by atoms with Crippen LogP contribution in [0.5, 0.6) is 5.75 Å². The lowest BCUT2D eigenvalue weighted by molar-refractivity contribution is 0.408. The van der Waals surface area contributed by atoms with Crippen LogP contribution < -0.4 is 10.1 Å². The third kappa shape index (κ3) is 3.80. The van der Waals surface area contributed by atoms with Crippen molar-refractivity contribution in [2.75, 3.05) is 14.1 Å². The lowest BCUT2D eigenvalue weighted by atomic mass is 10.0. The van der Waals surface area contributed by atoms with Gasteiger partial charge in [0.25, 0.3) is 0 Å². The van der Waals surface area contributed by atoms with E-state index in [1.807, 2.05) is 20.2 Å². The second-order valence-corrected chi connectivity index (χ2v) is 4.13. The van der Waals surface area contributed by atoms with Crippen molar-refractivity contribution in [3.63, 3.8) is 0 Å². The number of halogens is 1. The zero-order valence-electron chi connectivity index (χ0n) is 11.5. The van der Waals surface area contributed by atoms with E-state index in [-0.39, 0.29) is 5.82 Å². The van der Waals surface area contributed by atoms with Crippen LogP contribution in [-0.2, 0) is 6.42 Å². The highest BCUT2D eigenvalue weighted by Crippen LogP contribution is 2.31. The normalized spacial score (nSPS) is 13.4. The molecule has 2 rings (SSSR count). The van der Waals surface area contributed by atoms with E-state index in [2.05, 4.69) is 18.5 Å². The van der Waals surface area contributed by atoms with Gasteiger partial charge >= 0.3 is 0 Å². The molecule has 19 heavy (non-hydrogen) atoms. The van der Waals surface area contributed by atoms with E-state index in [1.165, 1.54) is 6.07 Å². The predicted molar refractivity (Wildman–Crippen MR) is 77.8 cm³/mol. The van der Waals surface area contributed by atoms with E-state index < -0.39 is 0 Å². The molecule has 0 aliphatic carbocycles. The van der Waals surface area contributed by atoms with Crippen LogP contribution in [0, 0.1) is 5.82 Å². The standard InChI is InChI=1S/C14H13FO.C2H7N/c1-3-10-8-9-11-6-5-7-12(15)14(11)16-13(10)4-2;1-3-2/h3-7H,1-2,8-9H2;3H,1-2H3. The molecule has 1 aromatic carbocycles. The Hall–Kier alpha value is -1.87. The summed E-state index contributed by atoms with van der Waals surface area (Å²) in [6.45, 7) is 7.40. The minimum atomic E-state index is -0.331. The van der Waals surface area contributed by atoms with Gasteiger partial charge in [-0.2, -0.15) is 0 Å². The Kier molecular flexibility index (Phi) is 6.03. The summed E-state index contributed by atoms with van der Waals surface area (Å²) in [5, 5.41) is 2.75. The number of allylic oxidation sites excluding steroid dienone is 3. The number of benzene rings is 1. The molecule has 0 unspecified atom stereocenters. The SMILES string of the molecule is C=CC1=C(C=C)Oc2c(F)cccc2CC1.CNC. The van der Waals surface area contributed by atoms with Crippen LogP contribution in [0.25, 0.3) is 0 Å². The summed E-state index contributed by atoms with van der Waals surface area (Å²) in [6.07, 6.45) is 4.88. The summed E-state index contributed by atoms with van der Waals surface area (Å²) in [5.74, 6) is 0.579. The maximum Gasteiger partial charge on any atom is 0.166 e. The highest BCUT2D eigenvalue weighted by atomic mass is 19.1. The minimum absolute atomic E-state index is 0.314. The smallest absolute Gasteiger partial charge is 0.166 e. The van der Waals surface area contributed by atoms with E-state index in [4.69, 9.17) is 4.74 Å². The number of fused-ring (bicyclic) bond motifs is 1. The molecular formula is C16H20FNO. The fourth-order valence-electron chi connectivity index (χ4n) is 1.81. The van der Waals surface area contributed by atoms with Crippen LogP contribution in [0.3, 0.4) is 0 Å². The quantitative estimate of drug-likeness (QED) is 0.878. The number of hydrogen-bond donors (Lipinski definition) is 1. The van der Waals surface area contributed by atoms with Crippen molar-refractivity contribution in [1.29, 1.82) is 0 Å². The third-order valence-electron chi connectivity index (χ3n) is 2.67. The third-order valence-corrected chi connectivity index (χ3v) is 2.67. The van der Waals surface area contributed by atoms with E-state index >= 15 is 0 Å². The van der Waals surface area contributed by atoms with Gasteiger partial charge < -0.3 is 10.1 Å². The molecule has 1 aliphatic rings. The molecule has 0 saturated carbocycles. The number of ether oxygens (including phenoxy) is 1. The largest absolute Gasteiger partial charge is 0.454 e. The lowest BCUT2D eigenvalue weighted by Crippen LogP contribution is -1.97. The molecule has 0 spiro atoms. The molecule has 1 aromatic rings. The average molecular weight is 261 g/mol. The maximum atomic E-state index is 13.6. The van der Waals surface area contributed by atoms with Crippen molar-refractivity contribution in [2.24, 2.45) is 0 Å². The summed E-state index contributed by atoms with van der Waals surface area (Å²) >= 11 is 0. The van der Waals surface area contributed by atoms with Crippen molar-refractivity contribution < 1.29 is 9.13 Å². The highest BCUT2D eigenvalue weighted by Gasteiger charge is 2.17. The molecule has 2 nitrogen and oxygen atoms in total. The fraction of sp³-hybridized carbons (Fsp3) is 0.250. The van der Waals surface area contributed by atoms with Gasteiger partial charge in [0.1, 0.15) is 5.76 Å². The fourth-order valence-corrected chi connectivity index (χ4v) is 1.81. The minimum Gasteiger partial charge on any atom is -0.454 e. The Morgan fingerprint density at radius 1 is 1.21 bits per heavy atom. The van der Waals surface area contributed by atoms with E-state index in [1.54, 1.807) is 18.2 Å². The van der Waals surface area contributed by atoms with Crippen molar-refractivity contribution in [3.8, 4) is 5.75 Å². The van der Waals surface area contributed by atoms with Gasteiger partial charge in [0.05, 0.1) is 0 Å². The first-order valence-corrected chi connectivity index (χ1v) is 6.19. The zero-order valence-corrected chi connectivity index (χ0v) is 11.5. The van der Waals surface area contributed by atoms with Crippen LogP contribution in [0.4, 0.5) is 4.39 Å². The van der Waals surface area contributed by atoms with Crippen molar-refractivity contribution in [3.05, 3.63) is 66.2 Å². The van der Waals surface area contributed by atoms with Crippen molar-refractivity contribution in [2.45, 2.75) is 12.8 Å². The monoisotopic (exact) mass is 261 g/mol. The van der Waals surface area contributed by atoms with Gasteiger partial charge in [0.2, 0.25) is 0 Å². The second-order valence-electron chi connectivity index (χ2n) is 4.13. The molecule has 0 amide bonds. The van der Waals surface area contributed by atoms with Crippen molar-refractivity contribution in [1.82, 2.24) is 5.32 Å². The first-order valence-electron chi connectivity index (χ1n) is 6.19. The van der Waals surface area contributed by atoms with Gasteiger partial charge in [0.15, 0.2) is 11.6 Å². The van der Waals surface area contributed by atoms with Gasteiger partial charge in [-0.1, -0.05) is 31.4 Å². The molecule has 0 radical (unpaired) electrons. The molecule has 1 heterocycles. The van der Waals surface area contributed by atoms with E-state index in [9.17, 15) is 4.39 Å². The topological polar surface area (TPSA) is 21.3 Å². The van der Waals surface area contributed by atoms with Gasteiger partial charge in [-0.25, -0.2) is 4.39 Å². The Labute approximate surface area is 114 Å². The molecular weight excluding hydrogens is 241 g/mol. The Morgan fingerprint density at radius 3 is 2.47 bits per heavy atom. The number of rotatable bonds is 2. The summed E-state index contributed by atoms with van der Waals surface area (Å²) in [6, 6.07) is 4.98. The zero-order chi connectivity index (χ0) is 14.3. The first kappa shape index (κ1) is 15.2. The molecule has 0 bridgehead atoms. The summed E-state index contributed by atoms with van der Waals surface area (Å²) in [5.41, 5.74) is 1.85. The van der Waals surface area contributed by atoms with Crippen LogP contribution in [-0.4, -0.2) is 14.1 Å². The Balaban J connectivity index is 0.000000550. The first-order chi connectivity index (χ1) is 9.17. The maximum absolute atomic E-state index is 13.6. The van der Waals surface area contributed by atoms with Gasteiger partial charge in [-0.15, -0.1) is 0 Å². The predicted octanol–water partition coefficient (Wildman–Crippen LogP) is 3.61. The molecule has 102 valence electrons. The molecule has 1 aliphatic heterocycles. The molecule has 0 aromatic heterocycles. The van der Waals surface area contributed by atoms with Crippen molar-refractivity contribution >= 4 is 0 Å². The van der Waals surface area contributed by atoms with Crippen LogP contribution in [0.1, 0.15) is 12.0 Å². The van der Waals surface area contributed by atoms with Crippen LogP contribution in [0.2, 0.25) is 0 Å². The molecule has 0 fully saturated rings. The highest BCUT2D eigenvalue weighted by molar-refractivity contribution is 5.42. The Bertz CT molecular complexity index is 492. The molecule has 1 N–H and O–H groups in total. The second kappa shape index (κ2) is 7.54. The number of nitrogens with one attached hydrogen (secondary N) is 1. The van der Waals surface area contributed by atoms with E-state index in [0.717, 1.165) is 24.0 Å². The summed E-state index contributed by atoms with van der Waals surface area (Å²) in [7, 11) is 3.75. The molecule has 0 saturated heterocycles. The van der Waals surface area contributed by atoms with Crippen LogP contribution in [0.15, 0.2) is 54.8 Å². The van der Waals surface area contributed by atoms with Gasteiger partial charge in [0, 0.05) is 0 Å². The molecule has 0 atom stereocenters. The van der Waals surface area contributed by atoms with E-state index in [0.29, 0.717) is 11.5 Å². The van der Waals surface area contributed by atoms with Gasteiger partial charge in [-0.05, 0) is 50.2 Å². The number of hydrogen-bond acceptors (Lipinski definition) is 2. The molecule has 3 heteroatoms. The van der Waals surface area contributed by atoms with Gasteiger partial charge in [-0.3, -0.25) is 0 Å². The number of aryl methyl sites for hydroxylation is 1. The average Bonchev–Trinajstić information content (AvgIpc) is 2.59. The lowest BCUT2D eigenvalue weighted by Gasteiger charge is -2.09. The number of para-hydroxylation sites is 1. The Morgan fingerprint density at radius 2 is 1.89 bits per heavy atom. The van der Waals surface area contributed by atoms with Crippen LogP contribution >= 0.6 is 0 Å². The summed E-state index contributed by atoms with van der Waals surface area (Å²) in [4.78, 5) is 0. The summed E-state index contributed by atoms with van der Waals surface area (Å²) < 4.78 is 19.1.